The molecule has 2 bridgehead atoms. The predicted octanol–water partition coefficient (Wildman–Crippen LogP) is 3.36. The third kappa shape index (κ3) is 1.75. The van der Waals surface area contributed by atoms with Gasteiger partial charge >= 0.3 is 0 Å². The summed E-state index contributed by atoms with van der Waals surface area (Å²) in [7, 11) is 2.32. The molecule has 1 saturated carbocycles. The van der Waals surface area contributed by atoms with Crippen molar-refractivity contribution in [3.8, 4) is 0 Å². The monoisotopic (exact) mass is 248 g/mol. The summed E-state index contributed by atoms with van der Waals surface area (Å²) in [5, 5.41) is 3.77. The van der Waals surface area contributed by atoms with Crippen LogP contribution >= 0.6 is 11.3 Å². The molecule has 2 atom stereocenters. The Morgan fingerprint density at radius 2 is 1.82 bits per heavy atom. The molecule has 1 aliphatic carbocycles. The molecule has 2 nitrogen and oxygen atoms in total. The van der Waals surface area contributed by atoms with E-state index in [0.29, 0.717) is 0 Å². The Morgan fingerprint density at radius 1 is 1.12 bits per heavy atom. The summed E-state index contributed by atoms with van der Waals surface area (Å²) in [5.74, 6) is 1.59. The van der Waals surface area contributed by atoms with Crippen LogP contribution in [-0.2, 0) is 0 Å². The third-order valence-corrected chi connectivity index (χ3v) is 6.01. The van der Waals surface area contributed by atoms with Gasteiger partial charge in [-0.3, -0.25) is 0 Å². The molecule has 1 aromatic rings. The van der Waals surface area contributed by atoms with Crippen LogP contribution in [0.2, 0.25) is 0 Å². The van der Waals surface area contributed by atoms with Crippen LogP contribution in [0.3, 0.4) is 0 Å². The van der Waals surface area contributed by atoms with Gasteiger partial charge in [0.25, 0.3) is 0 Å². The van der Waals surface area contributed by atoms with Crippen LogP contribution in [0.1, 0.15) is 61.1 Å². The van der Waals surface area contributed by atoms with E-state index < -0.39 is 0 Å². The van der Waals surface area contributed by atoms with E-state index >= 15 is 0 Å². The molecule has 17 heavy (non-hydrogen) atoms. The molecule has 0 amide bonds. The number of piperidine rings is 1. The molecule has 2 aliphatic heterocycles. The minimum absolute atomic E-state index is 0.765. The van der Waals surface area contributed by atoms with E-state index in [1.807, 2.05) is 11.3 Å². The first-order valence-corrected chi connectivity index (χ1v) is 7.86. The number of thiazole rings is 1. The van der Waals surface area contributed by atoms with Crippen LogP contribution < -0.4 is 0 Å². The topological polar surface area (TPSA) is 16.1 Å². The third-order valence-electron chi connectivity index (χ3n) is 4.98. The van der Waals surface area contributed by atoms with E-state index in [2.05, 4.69) is 17.3 Å². The fourth-order valence-electron chi connectivity index (χ4n) is 3.67. The van der Waals surface area contributed by atoms with E-state index in [1.165, 1.54) is 49.2 Å². The molecule has 0 aromatic carbocycles. The molecule has 92 valence electrons. The predicted molar refractivity (Wildman–Crippen MR) is 70.6 cm³/mol. The standard InChI is InChI=1S/C14H20N2S/c1-16-11-4-5-12(16)7-10(6-11)14-15-13(8-17-14)9-2-3-9/h8-12H,2-7H2,1H3. The zero-order chi connectivity index (χ0) is 11.4. The first kappa shape index (κ1) is 10.5. The number of nitrogens with zero attached hydrogens (tertiary/aromatic N) is 2. The lowest BCUT2D eigenvalue weighted by Crippen LogP contribution is -2.39. The van der Waals surface area contributed by atoms with Gasteiger partial charge in [0.1, 0.15) is 0 Å². The molecule has 3 heterocycles. The molecule has 4 rings (SSSR count). The maximum Gasteiger partial charge on any atom is 0.0960 e. The molecule has 3 aliphatic rings. The second-order valence-corrected chi connectivity index (χ2v) is 6.99. The number of fused-ring (bicyclic) bond motifs is 2. The zero-order valence-electron chi connectivity index (χ0n) is 10.4. The van der Waals surface area contributed by atoms with Crippen LogP contribution in [0.4, 0.5) is 0 Å². The molecular formula is C14H20N2S. The van der Waals surface area contributed by atoms with Crippen LogP contribution in [0.15, 0.2) is 5.38 Å². The van der Waals surface area contributed by atoms with Gasteiger partial charge in [0.2, 0.25) is 0 Å². The van der Waals surface area contributed by atoms with Gasteiger partial charge in [-0.05, 0) is 45.6 Å². The first-order chi connectivity index (χ1) is 8.31. The molecule has 2 unspecified atom stereocenters. The van der Waals surface area contributed by atoms with Crippen molar-refractivity contribution >= 4 is 11.3 Å². The van der Waals surface area contributed by atoms with Crippen molar-refractivity contribution in [3.05, 3.63) is 16.1 Å². The van der Waals surface area contributed by atoms with Crippen molar-refractivity contribution in [2.45, 2.75) is 62.4 Å². The molecule has 0 N–H and O–H groups in total. The van der Waals surface area contributed by atoms with Crippen LogP contribution in [0.5, 0.6) is 0 Å². The lowest BCUT2D eigenvalue weighted by atomic mass is 9.92. The maximum atomic E-state index is 4.92. The molecule has 2 saturated heterocycles. The smallest absolute Gasteiger partial charge is 0.0960 e. The Balaban J connectivity index is 1.54. The van der Waals surface area contributed by atoms with Crippen molar-refractivity contribution < 1.29 is 0 Å². The second kappa shape index (κ2) is 3.79. The summed E-state index contributed by atoms with van der Waals surface area (Å²) < 4.78 is 0. The average Bonchev–Trinajstić information content (AvgIpc) is 3.04. The average molecular weight is 248 g/mol. The fourth-order valence-corrected chi connectivity index (χ4v) is 4.70. The van der Waals surface area contributed by atoms with E-state index in [-0.39, 0.29) is 0 Å². The van der Waals surface area contributed by atoms with Crippen LogP contribution in [0.25, 0.3) is 0 Å². The molecule has 0 spiro atoms. The van der Waals surface area contributed by atoms with Crippen LogP contribution in [0, 0.1) is 0 Å². The summed E-state index contributed by atoms with van der Waals surface area (Å²) >= 11 is 1.93. The van der Waals surface area contributed by atoms with Gasteiger partial charge in [-0.2, -0.15) is 0 Å². The Kier molecular flexibility index (Phi) is 2.34. The lowest BCUT2D eigenvalue weighted by molar-refractivity contribution is 0.161. The quantitative estimate of drug-likeness (QED) is 0.798. The van der Waals surface area contributed by atoms with Crippen molar-refractivity contribution in [2.75, 3.05) is 7.05 Å². The summed E-state index contributed by atoms with van der Waals surface area (Å²) in [4.78, 5) is 7.53. The highest BCUT2D eigenvalue weighted by Gasteiger charge is 2.40. The van der Waals surface area contributed by atoms with Crippen LogP contribution in [-0.4, -0.2) is 29.0 Å². The molecule has 0 radical (unpaired) electrons. The molecule has 3 heteroatoms. The Bertz CT molecular complexity index is 410. The highest BCUT2D eigenvalue weighted by atomic mass is 32.1. The van der Waals surface area contributed by atoms with Gasteiger partial charge in [-0.1, -0.05) is 0 Å². The highest BCUT2D eigenvalue weighted by molar-refractivity contribution is 7.09. The SMILES string of the molecule is CN1C2CCC1CC(c1nc(C3CC3)cs1)C2. The van der Waals surface area contributed by atoms with Gasteiger partial charge in [0.05, 0.1) is 10.7 Å². The lowest BCUT2D eigenvalue weighted by Gasteiger charge is -2.35. The summed E-state index contributed by atoms with van der Waals surface area (Å²) in [5.41, 5.74) is 1.40. The Hall–Kier alpha value is -0.410. The second-order valence-electron chi connectivity index (χ2n) is 6.10. The number of rotatable bonds is 2. The molecular weight excluding hydrogens is 228 g/mol. The van der Waals surface area contributed by atoms with Gasteiger partial charge in [0.15, 0.2) is 0 Å². The highest BCUT2D eigenvalue weighted by Crippen LogP contribution is 2.45. The van der Waals surface area contributed by atoms with Crippen molar-refractivity contribution in [3.63, 3.8) is 0 Å². The Labute approximate surface area is 107 Å². The zero-order valence-corrected chi connectivity index (χ0v) is 11.2. The number of hydrogen-bond donors (Lipinski definition) is 0. The van der Waals surface area contributed by atoms with Gasteiger partial charge in [-0.15, -0.1) is 11.3 Å². The number of hydrogen-bond acceptors (Lipinski definition) is 3. The minimum Gasteiger partial charge on any atom is -0.300 e. The van der Waals surface area contributed by atoms with Gasteiger partial charge < -0.3 is 4.90 Å². The summed E-state index contributed by atoms with van der Waals surface area (Å²) in [6.45, 7) is 0. The van der Waals surface area contributed by atoms with E-state index in [9.17, 15) is 0 Å². The Morgan fingerprint density at radius 3 is 2.47 bits per heavy atom. The van der Waals surface area contributed by atoms with Gasteiger partial charge in [0, 0.05) is 29.3 Å². The van der Waals surface area contributed by atoms with E-state index in [0.717, 1.165) is 23.9 Å². The normalized spacial score (nSPS) is 37.6. The molecule has 1 aromatic heterocycles. The number of aromatic nitrogens is 1. The van der Waals surface area contributed by atoms with E-state index in [4.69, 9.17) is 4.98 Å². The first-order valence-electron chi connectivity index (χ1n) is 6.98. The molecule has 3 fully saturated rings. The maximum absolute atomic E-state index is 4.92. The van der Waals surface area contributed by atoms with Crippen molar-refractivity contribution in [1.29, 1.82) is 0 Å². The summed E-state index contributed by atoms with van der Waals surface area (Å²) in [6.07, 6.45) is 8.29. The van der Waals surface area contributed by atoms with Crippen molar-refractivity contribution in [2.24, 2.45) is 0 Å². The summed E-state index contributed by atoms with van der Waals surface area (Å²) in [6, 6.07) is 1.68. The minimum atomic E-state index is 0.765. The fraction of sp³-hybridized carbons (Fsp3) is 0.786. The van der Waals surface area contributed by atoms with Crippen molar-refractivity contribution in [1.82, 2.24) is 9.88 Å². The largest absolute Gasteiger partial charge is 0.300 e. The van der Waals surface area contributed by atoms with E-state index in [1.54, 1.807) is 0 Å². The van der Waals surface area contributed by atoms with Gasteiger partial charge in [-0.25, -0.2) is 4.98 Å².